The Labute approximate surface area is 79.4 Å². The van der Waals surface area contributed by atoms with Crippen LogP contribution < -0.4 is 4.72 Å². The topological polar surface area (TPSA) is 66.4 Å². The highest BCUT2D eigenvalue weighted by Gasteiger charge is 2.26. The minimum Gasteiger partial charge on any atom is -0.395 e. The van der Waals surface area contributed by atoms with Gasteiger partial charge in [0.1, 0.15) is 0 Å². The van der Waals surface area contributed by atoms with Crippen molar-refractivity contribution in [2.24, 2.45) is 0 Å². The Bertz CT molecular complexity index is 232. The van der Waals surface area contributed by atoms with Crippen LogP contribution >= 0.6 is 0 Å². The van der Waals surface area contributed by atoms with Crippen LogP contribution in [-0.2, 0) is 10.0 Å². The van der Waals surface area contributed by atoms with Crippen molar-refractivity contribution >= 4 is 10.0 Å². The molecule has 1 saturated carbocycles. The SMILES string of the molecule is O=S(=O)(NCCO)C1CCCCC1. The minimum absolute atomic E-state index is 0.133. The molecule has 0 saturated heterocycles. The maximum atomic E-state index is 11.5. The Kier molecular flexibility index (Phi) is 4.15. The van der Waals surface area contributed by atoms with E-state index in [2.05, 4.69) is 4.72 Å². The van der Waals surface area contributed by atoms with Crippen molar-refractivity contribution in [3.63, 3.8) is 0 Å². The summed E-state index contributed by atoms with van der Waals surface area (Å²) in [7, 11) is -3.16. The van der Waals surface area contributed by atoms with Crippen LogP contribution in [0.3, 0.4) is 0 Å². The molecule has 0 aromatic carbocycles. The van der Waals surface area contributed by atoms with Crippen molar-refractivity contribution in [2.75, 3.05) is 13.2 Å². The Morgan fingerprint density at radius 2 is 1.85 bits per heavy atom. The third-order valence-corrected chi connectivity index (χ3v) is 4.36. The molecule has 0 atom stereocenters. The van der Waals surface area contributed by atoms with Crippen molar-refractivity contribution in [1.82, 2.24) is 4.72 Å². The van der Waals surface area contributed by atoms with Gasteiger partial charge in [0.15, 0.2) is 0 Å². The lowest BCUT2D eigenvalue weighted by Crippen LogP contribution is -2.36. The van der Waals surface area contributed by atoms with E-state index in [-0.39, 0.29) is 18.4 Å². The Balaban J connectivity index is 2.47. The number of aliphatic hydroxyl groups excluding tert-OH is 1. The first-order chi connectivity index (χ1) is 6.17. The molecule has 0 unspecified atom stereocenters. The largest absolute Gasteiger partial charge is 0.395 e. The van der Waals surface area contributed by atoms with Gasteiger partial charge in [-0.25, -0.2) is 13.1 Å². The summed E-state index contributed by atoms with van der Waals surface area (Å²) in [6.07, 6.45) is 4.68. The summed E-state index contributed by atoms with van der Waals surface area (Å²) in [4.78, 5) is 0. The minimum atomic E-state index is -3.16. The molecular formula is C8H17NO3S. The molecule has 0 bridgehead atoms. The molecule has 0 aromatic heterocycles. The van der Waals surface area contributed by atoms with E-state index in [9.17, 15) is 8.42 Å². The molecule has 5 heteroatoms. The molecule has 78 valence electrons. The molecule has 1 aliphatic carbocycles. The van der Waals surface area contributed by atoms with Crippen LogP contribution in [0.25, 0.3) is 0 Å². The van der Waals surface area contributed by atoms with Gasteiger partial charge in [0, 0.05) is 6.54 Å². The molecule has 1 fully saturated rings. The van der Waals surface area contributed by atoms with Crippen molar-refractivity contribution in [1.29, 1.82) is 0 Å². The zero-order valence-corrected chi connectivity index (χ0v) is 8.52. The number of nitrogens with one attached hydrogen (secondary N) is 1. The van der Waals surface area contributed by atoms with Gasteiger partial charge in [-0.2, -0.15) is 0 Å². The molecule has 1 rings (SSSR count). The van der Waals surface area contributed by atoms with Gasteiger partial charge in [0.2, 0.25) is 10.0 Å². The smallest absolute Gasteiger partial charge is 0.214 e. The first kappa shape index (κ1) is 10.9. The van der Waals surface area contributed by atoms with Gasteiger partial charge in [-0.3, -0.25) is 0 Å². The molecule has 0 aromatic rings. The van der Waals surface area contributed by atoms with E-state index in [1.165, 1.54) is 0 Å². The molecule has 1 aliphatic rings. The first-order valence-corrected chi connectivity index (χ1v) is 6.31. The summed E-state index contributed by atoms with van der Waals surface area (Å²) >= 11 is 0. The lowest BCUT2D eigenvalue weighted by atomic mass is 10.0. The zero-order chi connectivity index (χ0) is 9.73. The Morgan fingerprint density at radius 3 is 2.38 bits per heavy atom. The van der Waals surface area contributed by atoms with Crippen molar-refractivity contribution in [3.05, 3.63) is 0 Å². The average Bonchev–Trinajstić information content (AvgIpc) is 2.16. The molecule has 2 N–H and O–H groups in total. The van der Waals surface area contributed by atoms with E-state index in [1.807, 2.05) is 0 Å². The predicted molar refractivity (Wildman–Crippen MR) is 50.9 cm³/mol. The van der Waals surface area contributed by atoms with Crippen LogP contribution in [0.2, 0.25) is 0 Å². The molecule has 13 heavy (non-hydrogen) atoms. The number of hydrogen-bond donors (Lipinski definition) is 2. The third kappa shape index (κ3) is 3.25. The summed E-state index contributed by atoms with van der Waals surface area (Å²) in [6, 6.07) is 0. The van der Waals surface area contributed by atoms with Crippen LogP contribution in [0.5, 0.6) is 0 Å². The first-order valence-electron chi connectivity index (χ1n) is 4.76. The van der Waals surface area contributed by atoms with E-state index in [0.717, 1.165) is 32.1 Å². The number of aliphatic hydroxyl groups is 1. The lowest BCUT2D eigenvalue weighted by Gasteiger charge is -2.21. The summed E-state index contributed by atoms with van der Waals surface area (Å²) in [6.45, 7) is 0.00475. The standard InChI is InChI=1S/C8H17NO3S/c10-7-6-9-13(11,12)8-4-2-1-3-5-8/h8-10H,1-7H2. The maximum absolute atomic E-state index is 11.5. The van der Waals surface area contributed by atoms with Gasteiger partial charge in [-0.05, 0) is 12.8 Å². The maximum Gasteiger partial charge on any atom is 0.214 e. The average molecular weight is 207 g/mol. The molecule has 0 amide bonds. The van der Waals surface area contributed by atoms with Gasteiger partial charge in [0.05, 0.1) is 11.9 Å². The summed E-state index contributed by atoms with van der Waals surface area (Å²) in [5.41, 5.74) is 0. The van der Waals surface area contributed by atoms with Gasteiger partial charge in [-0.15, -0.1) is 0 Å². The lowest BCUT2D eigenvalue weighted by molar-refractivity contribution is 0.300. The van der Waals surface area contributed by atoms with Crippen LogP contribution in [0.4, 0.5) is 0 Å². The molecule has 0 radical (unpaired) electrons. The van der Waals surface area contributed by atoms with E-state index < -0.39 is 10.0 Å². The highest BCUT2D eigenvalue weighted by molar-refractivity contribution is 7.90. The third-order valence-electron chi connectivity index (χ3n) is 2.41. The van der Waals surface area contributed by atoms with Gasteiger partial charge < -0.3 is 5.11 Å². The Morgan fingerprint density at radius 1 is 1.23 bits per heavy atom. The van der Waals surface area contributed by atoms with Gasteiger partial charge in [-0.1, -0.05) is 19.3 Å². The van der Waals surface area contributed by atoms with Crippen LogP contribution in [0, 0.1) is 0 Å². The summed E-state index contributed by atoms with van der Waals surface area (Å²) < 4.78 is 25.4. The van der Waals surface area contributed by atoms with E-state index in [4.69, 9.17) is 5.11 Å². The molecule has 4 nitrogen and oxygen atoms in total. The summed E-state index contributed by atoms with van der Waals surface area (Å²) in [5, 5.41) is 8.27. The Hall–Kier alpha value is -0.130. The fourth-order valence-corrected chi connectivity index (χ4v) is 3.25. The van der Waals surface area contributed by atoms with Gasteiger partial charge >= 0.3 is 0 Å². The van der Waals surface area contributed by atoms with Crippen LogP contribution in [-0.4, -0.2) is 31.9 Å². The number of sulfonamides is 1. The molecular weight excluding hydrogens is 190 g/mol. The van der Waals surface area contributed by atoms with Crippen LogP contribution in [0.15, 0.2) is 0 Å². The van der Waals surface area contributed by atoms with Gasteiger partial charge in [0.25, 0.3) is 0 Å². The second-order valence-corrected chi connectivity index (χ2v) is 5.47. The van der Waals surface area contributed by atoms with Crippen molar-refractivity contribution in [3.8, 4) is 0 Å². The zero-order valence-electron chi connectivity index (χ0n) is 7.70. The second-order valence-electron chi connectivity index (χ2n) is 3.42. The fourth-order valence-electron chi connectivity index (χ4n) is 1.68. The monoisotopic (exact) mass is 207 g/mol. The summed E-state index contributed by atoms with van der Waals surface area (Å²) in [5.74, 6) is 0. The molecule has 0 aliphatic heterocycles. The van der Waals surface area contributed by atoms with E-state index in [1.54, 1.807) is 0 Å². The highest BCUT2D eigenvalue weighted by atomic mass is 32.2. The van der Waals surface area contributed by atoms with Crippen molar-refractivity contribution in [2.45, 2.75) is 37.4 Å². The number of rotatable bonds is 4. The predicted octanol–water partition coefficient (Wildman–Crippen LogP) is 0.231. The quantitative estimate of drug-likeness (QED) is 0.693. The fraction of sp³-hybridized carbons (Fsp3) is 1.00. The second kappa shape index (κ2) is 4.93. The van der Waals surface area contributed by atoms with Crippen molar-refractivity contribution < 1.29 is 13.5 Å². The van der Waals surface area contributed by atoms with Crippen LogP contribution in [0.1, 0.15) is 32.1 Å². The molecule has 0 heterocycles. The normalized spacial score (nSPS) is 20.4. The van der Waals surface area contributed by atoms with E-state index >= 15 is 0 Å². The highest BCUT2D eigenvalue weighted by Crippen LogP contribution is 2.22. The number of hydrogen-bond acceptors (Lipinski definition) is 3. The van der Waals surface area contributed by atoms with E-state index in [0.29, 0.717) is 0 Å². The molecule has 0 spiro atoms.